The molecule has 0 saturated heterocycles. The minimum Gasteiger partial charge on any atom is -0.354 e. The van der Waals surface area contributed by atoms with Crippen LogP contribution in [0.3, 0.4) is 0 Å². The van der Waals surface area contributed by atoms with E-state index in [1.807, 2.05) is 37.5 Å². The van der Waals surface area contributed by atoms with Crippen LogP contribution < -0.4 is 4.90 Å². The van der Waals surface area contributed by atoms with Gasteiger partial charge in [0.25, 0.3) is 0 Å². The molecule has 4 rings (SSSR count). The molecule has 0 fully saturated rings. The van der Waals surface area contributed by atoms with Gasteiger partial charge < -0.3 is 9.47 Å². The molecule has 2 aromatic carbocycles. The van der Waals surface area contributed by atoms with Gasteiger partial charge in [-0.3, -0.25) is 0 Å². The number of aromatic nitrogens is 2. The highest BCUT2D eigenvalue weighted by Crippen LogP contribution is 2.32. The van der Waals surface area contributed by atoms with Gasteiger partial charge in [0.1, 0.15) is 5.82 Å². The zero-order chi connectivity index (χ0) is 20.5. The molecule has 0 unspecified atom stereocenters. The number of fused-ring (bicyclic) bond motifs is 1. The van der Waals surface area contributed by atoms with Gasteiger partial charge in [-0.2, -0.15) is 0 Å². The monoisotopic (exact) mass is 443 g/mol. The molecule has 2 aromatic heterocycles. The van der Waals surface area contributed by atoms with Gasteiger partial charge >= 0.3 is 0 Å². The topological polar surface area (TPSA) is 21.1 Å². The van der Waals surface area contributed by atoms with Gasteiger partial charge in [-0.15, -0.1) is 12.4 Å². The second-order valence-corrected chi connectivity index (χ2v) is 7.87. The van der Waals surface area contributed by atoms with Gasteiger partial charge in [0.05, 0.1) is 5.52 Å². The number of rotatable bonds is 5. The van der Waals surface area contributed by atoms with Crippen LogP contribution in [-0.4, -0.2) is 16.6 Å². The molecular weight excluding hydrogens is 420 g/mol. The Labute approximate surface area is 187 Å². The summed E-state index contributed by atoms with van der Waals surface area (Å²) < 4.78 is 15.6. The van der Waals surface area contributed by atoms with E-state index in [-0.39, 0.29) is 18.2 Å². The summed E-state index contributed by atoms with van der Waals surface area (Å²) >= 11 is 6.05. The first-order valence-electron chi connectivity index (χ1n) is 9.58. The first-order chi connectivity index (χ1) is 13.9. The van der Waals surface area contributed by atoms with E-state index in [0.717, 1.165) is 28.5 Å². The van der Waals surface area contributed by atoms with Crippen LogP contribution in [0.15, 0.2) is 60.8 Å². The summed E-state index contributed by atoms with van der Waals surface area (Å²) in [5.74, 6) is 0.691. The number of hydrogen-bond donors (Lipinski definition) is 0. The molecule has 156 valence electrons. The molecule has 30 heavy (non-hydrogen) atoms. The zero-order valence-corrected chi connectivity index (χ0v) is 18.8. The molecule has 0 aliphatic carbocycles. The van der Waals surface area contributed by atoms with Gasteiger partial charge in [-0.05, 0) is 60.9 Å². The Balaban J connectivity index is 0.00000256. The molecule has 2 heterocycles. The lowest BCUT2D eigenvalue weighted by molar-refractivity contribution is 0.627. The Morgan fingerprint density at radius 1 is 0.967 bits per heavy atom. The summed E-state index contributed by atoms with van der Waals surface area (Å²) in [4.78, 5) is 6.82. The molecule has 0 aliphatic heterocycles. The van der Waals surface area contributed by atoms with Crippen molar-refractivity contribution in [2.24, 2.45) is 0 Å². The van der Waals surface area contributed by atoms with Gasteiger partial charge in [0, 0.05) is 42.4 Å². The SMILES string of the molecule is Cc1c(C)n(Cc2ccc(Cl)cc2)c2c(N(C)Cc3ccc(F)cc3)nccc12.Cl. The molecule has 0 aliphatic rings. The summed E-state index contributed by atoms with van der Waals surface area (Å²) in [6.07, 6.45) is 1.86. The minimum absolute atomic E-state index is 0. The largest absolute Gasteiger partial charge is 0.354 e. The Hall–Kier alpha value is -2.56. The van der Waals surface area contributed by atoms with Crippen molar-refractivity contribution in [1.29, 1.82) is 0 Å². The van der Waals surface area contributed by atoms with Crippen LogP contribution in [0.5, 0.6) is 0 Å². The third-order valence-electron chi connectivity index (χ3n) is 5.47. The maximum Gasteiger partial charge on any atom is 0.153 e. The predicted molar refractivity (Wildman–Crippen MR) is 126 cm³/mol. The molecule has 0 N–H and O–H groups in total. The summed E-state index contributed by atoms with van der Waals surface area (Å²) in [6.45, 7) is 5.70. The average Bonchev–Trinajstić information content (AvgIpc) is 2.96. The van der Waals surface area contributed by atoms with E-state index in [1.165, 1.54) is 34.3 Å². The van der Waals surface area contributed by atoms with Crippen LogP contribution in [0.1, 0.15) is 22.4 Å². The van der Waals surface area contributed by atoms with Crippen molar-refractivity contribution in [1.82, 2.24) is 9.55 Å². The Morgan fingerprint density at radius 3 is 2.27 bits per heavy atom. The summed E-state index contributed by atoms with van der Waals surface area (Å²) in [7, 11) is 2.02. The van der Waals surface area contributed by atoms with Gasteiger partial charge in [0.15, 0.2) is 5.82 Å². The molecule has 6 heteroatoms. The van der Waals surface area contributed by atoms with Crippen molar-refractivity contribution in [3.05, 3.63) is 94.0 Å². The summed E-state index contributed by atoms with van der Waals surface area (Å²) in [6, 6.07) is 16.6. The van der Waals surface area contributed by atoms with Gasteiger partial charge in [0.2, 0.25) is 0 Å². The van der Waals surface area contributed by atoms with Crippen LogP contribution in [-0.2, 0) is 13.1 Å². The summed E-state index contributed by atoms with van der Waals surface area (Å²) in [5.41, 5.74) is 5.82. The maximum absolute atomic E-state index is 13.2. The number of hydrogen-bond acceptors (Lipinski definition) is 2. The lowest BCUT2D eigenvalue weighted by Crippen LogP contribution is -2.19. The first-order valence-corrected chi connectivity index (χ1v) is 9.96. The second kappa shape index (κ2) is 9.07. The number of aryl methyl sites for hydroxylation is 1. The third kappa shape index (κ3) is 4.30. The fourth-order valence-corrected chi connectivity index (χ4v) is 3.89. The number of nitrogens with zero attached hydrogens (tertiary/aromatic N) is 3. The second-order valence-electron chi connectivity index (χ2n) is 7.44. The normalized spacial score (nSPS) is 10.8. The van der Waals surface area contributed by atoms with Crippen molar-refractivity contribution in [2.75, 3.05) is 11.9 Å². The molecule has 0 amide bonds. The standard InChI is InChI=1S/C24H23ClFN3.ClH/c1-16-17(2)29(15-19-4-8-20(25)9-5-19)23-22(16)12-13-27-24(23)28(3)14-18-6-10-21(26)11-7-18;/h4-13H,14-15H2,1-3H3;1H. The lowest BCUT2D eigenvalue weighted by Gasteiger charge is -2.21. The van der Waals surface area contributed by atoms with Gasteiger partial charge in [-0.25, -0.2) is 9.37 Å². The fraction of sp³-hybridized carbons (Fsp3) is 0.208. The zero-order valence-electron chi connectivity index (χ0n) is 17.2. The highest BCUT2D eigenvalue weighted by Gasteiger charge is 2.18. The smallest absolute Gasteiger partial charge is 0.153 e. The highest BCUT2D eigenvalue weighted by molar-refractivity contribution is 6.30. The van der Waals surface area contributed by atoms with E-state index in [1.54, 1.807) is 0 Å². The van der Waals surface area contributed by atoms with E-state index in [9.17, 15) is 4.39 Å². The van der Waals surface area contributed by atoms with E-state index >= 15 is 0 Å². The van der Waals surface area contributed by atoms with E-state index in [0.29, 0.717) is 6.54 Å². The van der Waals surface area contributed by atoms with Crippen molar-refractivity contribution in [3.63, 3.8) is 0 Å². The first kappa shape index (κ1) is 22.1. The average molecular weight is 444 g/mol. The van der Waals surface area contributed by atoms with Crippen molar-refractivity contribution in [2.45, 2.75) is 26.9 Å². The Morgan fingerprint density at radius 2 is 1.60 bits per heavy atom. The van der Waals surface area contributed by atoms with Crippen LogP contribution in [0.2, 0.25) is 5.02 Å². The molecule has 4 aromatic rings. The lowest BCUT2D eigenvalue weighted by atomic mass is 10.2. The molecule has 0 saturated carbocycles. The molecule has 0 bridgehead atoms. The number of halogens is 3. The Bertz CT molecular complexity index is 1150. The number of benzene rings is 2. The predicted octanol–water partition coefficient (Wildman–Crippen LogP) is 6.55. The van der Waals surface area contributed by atoms with Crippen molar-refractivity contribution >= 4 is 40.7 Å². The van der Waals surface area contributed by atoms with Crippen molar-refractivity contribution < 1.29 is 4.39 Å². The van der Waals surface area contributed by atoms with E-state index in [4.69, 9.17) is 16.6 Å². The van der Waals surface area contributed by atoms with E-state index in [2.05, 4.69) is 41.5 Å². The third-order valence-corrected chi connectivity index (χ3v) is 5.73. The maximum atomic E-state index is 13.2. The fourth-order valence-electron chi connectivity index (χ4n) is 3.76. The molecule has 3 nitrogen and oxygen atoms in total. The van der Waals surface area contributed by atoms with Gasteiger partial charge in [-0.1, -0.05) is 35.9 Å². The Kier molecular flexibility index (Phi) is 6.69. The number of pyridine rings is 1. The van der Waals surface area contributed by atoms with Crippen LogP contribution in [0.4, 0.5) is 10.2 Å². The quantitative estimate of drug-likeness (QED) is 0.348. The molecule has 0 radical (unpaired) electrons. The number of anilines is 1. The highest BCUT2D eigenvalue weighted by atomic mass is 35.5. The minimum atomic E-state index is -0.222. The van der Waals surface area contributed by atoms with Crippen LogP contribution in [0, 0.1) is 19.7 Å². The summed E-state index contributed by atoms with van der Waals surface area (Å²) in [5, 5.41) is 1.94. The van der Waals surface area contributed by atoms with Crippen LogP contribution in [0.25, 0.3) is 10.9 Å². The van der Waals surface area contributed by atoms with Crippen molar-refractivity contribution in [3.8, 4) is 0 Å². The van der Waals surface area contributed by atoms with E-state index < -0.39 is 0 Å². The molecular formula is C24H24Cl2FN3. The van der Waals surface area contributed by atoms with Crippen LogP contribution >= 0.6 is 24.0 Å². The molecule has 0 atom stereocenters. The molecule has 0 spiro atoms.